The first-order valence-corrected chi connectivity index (χ1v) is 10.3. The summed E-state index contributed by atoms with van der Waals surface area (Å²) in [5.41, 5.74) is 1.41. The Morgan fingerprint density at radius 2 is 1.85 bits per heavy atom. The molecule has 146 valence electrons. The second kappa shape index (κ2) is 5.89. The lowest BCUT2D eigenvalue weighted by molar-refractivity contribution is -0.180. The number of hydrogen-bond donors (Lipinski definition) is 0. The van der Waals surface area contributed by atoms with Gasteiger partial charge in [-0.2, -0.15) is 0 Å². The Morgan fingerprint density at radius 1 is 1.11 bits per heavy atom. The van der Waals surface area contributed by atoms with Gasteiger partial charge < -0.3 is 4.74 Å². The molecule has 27 heavy (non-hydrogen) atoms. The smallest absolute Gasteiger partial charge is 0.303 e. The summed E-state index contributed by atoms with van der Waals surface area (Å²) in [6.07, 6.45) is 10.0. The zero-order chi connectivity index (χ0) is 19.6. The number of carbonyl (C=O) groups is 3. The molecule has 0 heterocycles. The Balaban J connectivity index is 1.77. The van der Waals surface area contributed by atoms with Crippen LogP contribution in [0.15, 0.2) is 23.3 Å². The second-order valence-corrected chi connectivity index (χ2v) is 9.52. The minimum absolute atomic E-state index is 0.0128. The van der Waals surface area contributed by atoms with Crippen LogP contribution in [0.2, 0.25) is 0 Å². The van der Waals surface area contributed by atoms with E-state index in [-0.39, 0.29) is 28.4 Å². The van der Waals surface area contributed by atoms with E-state index < -0.39 is 5.60 Å². The van der Waals surface area contributed by atoms with Crippen LogP contribution in [-0.2, 0) is 19.1 Å². The van der Waals surface area contributed by atoms with E-state index in [0.717, 1.165) is 32.1 Å². The van der Waals surface area contributed by atoms with Gasteiger partial charge in [0.2, 0.25) is 0 Å². The van der Waals surface area contributed by atoms with Gasteiger partial charge in [-0.1, -0.05) is 31.1 Å². The van der Waals surface area contributed by atoms with Gasteiger partial charge >= 0.3 is 5.97 Å². The summed E-state index contributed by atoms with van der Waals surface area (Å²) in [5.74, 6) is 0.625. The molecule has 4 heteroatoms. The van der Waals surface area contributed by atoms with Gasteiger partial charge in [-0.05, 0) is 63.4 Å². The normalized spacial score (nSPS) is 43.0. The lowest BCUT2D eigenvalue weighted by Crippen LogP contribution is -2.56. The average molecular weight is 370 g/mol. The number of carbonyl (C=O) groups excluding carboxylic acids is 3. The molecule has 0 N–H and O–H groups in total. The molecule has 0 radical (unpaired) electrons. The number of fused-ring (bicyclic) bond motifs is 5. The number of esters is 1. The van der Waals surface area contributed by atoms with Gasteiger partial charge in [0.05, 0.1) is 0 Å². The minimum Gasteiger partial charge on any atom is -0.451 e. The van der Waals surface area contributed by atoms with Crippen LogP contribution in [0.4, 0.5) is 0 Å². The third-order valence-corrected chi connectivity index (χ3v) is 8.34. The number of hydrogen-bond acceptors (Lipinski definition) is 4. The lowest BCUT2D eigenvalue weighted by atomic mass is 9.50. The zero-order valence-corrected chi connectivity index (χ0v) is 16.9. The summed E-state index contributed by atoms with van der Waals surface area (Å²) < 4.78 is 5.78. The van der Waals surface area contributed by atoms with Crippen LogP contribution in [0.3, 0.4) is 0 Å². The van der Waals surface area contributed by atoms with Crippen LogP contribution in [0, 0.1) is 22.7 Å². The first kappa shape index (κ1) is 18.6. The molecule has 0 saturated heterocycles. The Morgan fingerprint density at radius 3 is 2.52 bits per heavy atom. The molecule has 0 aromatic rings. The maximum atomic E-state index is 12.7. The molecule has 2 fully saturated rings. The van der Waals surface area contributed by atoms with Crippen molar-refractivity contribution in [2.45, 2.75) is 78.2 Å². The first-order valence-electron chi connectivity index (χ1n) is 10.3. The highest BCUT2D eigenvalue weighted by Gasteiger charge is 2.66. The van der Waals surface area contributed by atoms with Gasteiger partial charge in [-0.25, -0.2) is 0 Å². The van der Waals surface area contributed by atoms with E-state index in [4.69, 9.17) is 4.74 Å². The van der Waals surface area contributed by atoms with Crippen LogP contribution in [0.1, 0.15) is 72.6 Å². The van der Waals surface area contributed by atoms with E-state index in [1.807, 2.05) is 6.08 Å². The quantitative estimate of drug-likeness (QED) is 0.536. The third kappa shape index (κ3) is 2.37. The van der Waals surface area contributed by atoms with Crippen LogP contribution in [0.5, 0.6) is 0 Å². The topological polar surface area (TPSA) is 60.4 Å². The lowest BCUT2D eigenvalue weighted by Gasteiger charge is -2.54. The van der Waals surface area contributed by atoms with E-state index in [1.54, 1.807) is 6.92 Å². The highest BCUT2D eigenvalue weighted by molar-refractivity contribution is 5.92. The van der Waals surface area contributed by atoms with Crippen molar-refractivity contribution < 1.29 is 19.1 Å². The largest absolute Gasteiger partial charge is 0.451 e. The summed E-state index contributed by atoms with van der Waals surface area (Å²) in [5, 5.41) is 0. The Bertz CT molecular complexity index is 790. The second-order valence-electron chi connectivity index (χ2n) is 9.52. The van der Waals surface area contributed by atoms with Crippen molar-refractivity contribution in [1.29, 1.82) is 0 Å². The molecule has 0 aliphatic heterocycles. The molecule has 0 amide bonds. The SMILES string of the molecule is CC(=O)O[C@]1(C(C)=O)CCC2C3CCC4=CC(=O)CC[C@]4(C)C3=CC[C@@]21C. The van der Waals surface area contributed by atoms with E-state index in [2.05, 4.69) is 19.9 Å². The van der Waals surface area contributed by atoms with Crippen molar-refractivity contribution in [2.24, 2.45) is 22.7 Å². The predicted octanol–water partition coefficient (Wildman–Crippen LogP) is 4.33. The highest BCUT2D eigenvalue weighted by Crippen LogP contribution is 2.66. The molecule has 4 nitrogen and oxygen atoms in total. The summed E-state index contributed by atoms with van der Waals surface area (Å²) in [7, 11) is 0. The van der Waals surface area contributed by atoms with Crippen molar-refractivity contribution >= 4 is 17.5 Å². The molecule has 4 aliphatic rings. The Labute approximate surface area is 161 Å². The molecule has 4 rings (SSSR count). The van der Waals surface area contributed by atoms with E-state index >= 15 is 0 Å². The van der Waals surface area contributed by atoms with Crippen molar-refractivity contribution in [3.8, 4) is 0 Å². The fraction of sp³-hybridized carbons (Fsp3) is 0.696. The van der Waals surface area contributed by atoms with Crippen LogP contribution >= 0.6 is 0 Å². The molecule has 4 aliphatic carbocycles. The number of ether oxygens (including phenoxy) is 1. The molecule has 2 saturated carbocycles. The van der Waals surface area contributed by atoms with Gasteiger partial charge in [-0.15, -0.1) is 0 Å². The summed E-state index contributed by atoms with van der Waals surface area (Å²) in [6.45, 7) is 7.43. The molecule has 2 unspecified atom stereocenters. The molecular formula is C23H30O4. The maximum Gasteiger partial charge on any atom is 0.303 e. The summed E-state index contributed by atoms with van der Waals surface area (Å²) in [4.78, 5) is 36.5. The van der Waals surface area contributed by atoms with Gasteiger partial charge in [0.25, 0.3) is 0 Å². The van der Waals surface area contributed by atoms with Gasteiger partial charge in [0.1, 0.15) is 0 Å². The van der Waals surface area contributed by atoms with Crippen LogP contribution in [-0.4, -0.2) is 23.1 Å². The molecule has 0 bridgehead atoms. The molecule has 0 spiro atoms. The number of ketones is 2. The van der Waals surface area contributed by atoms with Crippen molar-refractivity contribution in [3.63, 3.8) is 0 Å². The Hall–Kier alpha value is -1.71. The number of rotatable bonds is 2. The van der Waals surface area contributed by atoms with Crippen molar-refractivity contribution in [2.75, 3.05) is 0 Å². The fourth-order valence-electron chi connectivity index (χ4n) is 6.92. The molecule has 0 aromatic heterocycles. The molecule has 5 atom stereocenters. The van der Waals surface area contributed by atoms with Crippen molar-refractivity contribution in [3.05, 3.63) is 23.3 Å². The molecule has 0 aromatic carbocycles. The van der Waals surface area contributed by atoms with Gasteiger partial charge in [0, 0.05) is 24.2 Å². The monoisotopic (exact) mass is 370 g/mol. The zero-order valence-electron chi connectivity index (χ0n) is 16.9. The predicted molar refractivity (Wildman–Crippen MR) is 102 cm³/mol. The Kier molecular flexibility index (Phi) is 4.07. The fourth-order valence-corrected chi connectivity index (χ4v) is 6.92. The van der Waals surface area contributed by atoms with Gasteiger partial charge in [0.15, 0.2) is 17.2 Å². The highest BCUT2D eigenvalue weighted by atomic mass is 16.6. The third-order valence-electron chi connectivity index (χ3n) is 8.34. The van der Waals surface area contributed by atoms with Crippen molar-refractivity contribution in [1.82, 2.24) is 0 Å². The maximum absolute atomic E-state index is 12.7. The van der Waals surface area contributed by atoms with E-state index in [1.165, 1.54) is 18.1 Å². The van der Waals surface area contributed by atoms with Crippen LogP contribution < -0.4 is 0 Å². The molecular weight excluding hydrogens is 340 g/mol. The average Bonchev–Trinajstić information content (AvgIpc) is 2.89. The standard InChI is InChI=1S/C23H30O4/c1-14(24)23(27-15(2)25)12-9-20-18-6-5-16-13-17(26)7-10-21(16,3)19(18)8-11-22(20,23)4/h8,13,18,20H,5-7,9-12H2,1-4H3/t18?,20?,21-,22-,23-/m0/s1. The minimum atomic E-state index is -0.995. The van der Waals surface area contributed by atoms with Crippen LogP contribution in [0.25, 0.3) is 0 Å². The summed E-state index contributed by atoms with van der Waals surface area (Å²) >= 11 is 0. The number of Topliss-reactive ketones (excluding diaryl/α,β-unsaturated/α-hetero) is 1. The van der Waals surface area contributed by atoms with E-state index in [0.29, 0.717) is 24.7 Å². The first-order chi connectivity index (χ1) is 12.6. The van der Waals surface area contributed by atoms with E-state index in [9.17, 15) is 14.4 Å². The summed E-state index contributed by atoms with van der Waals surface area (Å²) in [6, 6.07) is 0. The number of allylic oxidation sites excluding steroid dienone is 4. The van der Waals surface area contributed by atoms with Gasteiger partial charge in [-0.3, -0.25) is 14.4 Å².